The van der Waals surface area contributed by atoms with E-state index < -0.39 is 22.9 Å². The number of hydrogen-bond donors (Lipinski definition) is 1. The quantitative estimate of drug-likeness (QED) is 0.606. The molecule has 1 N–H and O–H groups in total. The molecule has 0 bridgehead atoms. The van der Waals surface area contributed by atoms with Gasteiger partial charge in [-0.3, -0.25) is 19.6 Å². The minimum atomic E-state index is -0.961. The van der Waals surface area contributed by atoms with Crippen molar-refractivity contribution in [3.8, 4) is 0 Å². The van der Waals surface area contributed by atoms with Crippen molar-refractivity contribution in [2.24, 2.45) is 13.0 Å². The Balaban J connectivity index is 2.39. The third-order valence-electron chi connectivity index (χ3n) is 3.49. The van der Waals surface area contributed by atoms with Crippen LogP contribution in [0.15, 0.2) is 6.20 Å². The van der Waals surface area contributed by atoms with Gasteiger partial charge in [-0.05, 0) is 6.42 Å². The second kappa shape index (κ2) is 6.08. The average Bonchev–Trinajstić information content (AvgIpc) is 3.02. The summed E-state index contributed by atoms with van der Waals surface area (Å²) in [6.45, 7) is 2.74. The smallest absolute Gasteiger partial charge is 0.330 e. The van der Waals surface area contributed by atoms with Crippen molar-refractivity contribution in [1.29, 1.82) is 0 Å². The van der Waals surface area contributed by atoms with Gasteiger partial charge in [0.25, 0.3) is 0 Å². The zero-order valence-electron chi connectivity index (χ0n) is 11.9. The van der Waals surface area contributed by atoms with Gasteiger partial charge in [0.05, 0.1) is 24.2 Å². The second-order valence-electron chi connectivity index (χ2n) is 5.01. The predicted octanol–water partition coefficient (Wildman–Crippen LogP) is 0.644. The number of aryl methyl sites for hydroxylation is 1. The Hall–Kier alpha value is -2.16. The Morgan fingerprint density at radius 2 is 2.38 bits per heavy atom. The third kappa shape index (κ3) is 2.97. The summed E-state index contributed by atoms with van der Waals surface area (Å²) in [5.41, 5.74) is -0.123. The van der Waals surface area contributed by atoms with Crippen LogP contribution in [0.25, 0.3) is 0 Å². The number of carboxylic acid groups (broad SMARTS) is 1. The maximum absolute atomic E-state index is 11.3. The van der Waals surface area contributed by atoms with Gasteiger partial charge < -0.3 is 14.7 Å². The number of rotatable bonds is 6. The Kier molecular flexibility index (Phi) is 4.41. The van der Waals surface area contributed by atoms with Crippen molar-refractivity contribution >= 4 is 17.5 Å². The molecule has 21 heavy (non-hydrogen) atoms. The highest BCUT2D eigenvalue weighted by atomic mass is 16.6. The molecule has 0 spiro atoms. The van der Waals surface area contributed by atoms with Crippen LogP contribution in [-0.4, -0.2) is 51.6 Å². The van der Waals surface area contributed by atoms with Gasteiger partial charge in [0.1, 0.15) is 12.1 Å². The third-order valence-corrected chi connectivity index (χ3v) is 3.49. The number of anilines is 1. The van der Waals surface area contributed by atoms with Gasteiger partial charge in [-0.2, -0.15) is 0 Å². The fourth-order valence-corrected chi connectivity index (χ4v) is 2.55. The van der Waals surface area contributed by atoms with E-state index in [1.165, 1.54) is 10.9 Å². The van der Waals surface area contributed by atoms with E-state index in [0.29, 0.717) is 6.54 Å². The van der Waals surface area contributed by atoms with Gasteiger partial charge in [0.2, 0.25) is 5.82 Å². The lowest BCUT2D eigenvalue weighted by Gasteiger charge is -2.29. The first-order valence-corrected chi connectivity index (χ1v) is 6.71. The number of carboxylic acids is 1. The summed E-state index contributed by atoms with van der Waals surface area (Å²) in [5, 5.41) is 24.6. The first kappa shape index (κ1) is 15.2. The highest BCUT2D eigenvalue weighted by molar-refractivity contribution is 5.73. The monoisotopic (exact) mass is 298 g/mol. The normalized spacial score (nSPS) is 21.4. The van der Waals surface area contributed by atoms with Gasteiger partial charge in [-0.1, -0.05) is 6.92 Å². The number of aromatic nitrogens is 2. The highest BCUT2D eigenvalue weighted by Gasteiger charge is 2.40. The van der Waals surface area contributed by atoms with Gasteiger partial charge in [0.15, 0.2) is 0 Å². The maximum Gasteiger partial charge on any atom is 0.330 e. The molecule has 1 saturated heterocycles. The Morgan fingerprint density at radius 1 is 1.67 bits per heavy atom. The van der Waals surface area contributed by atoms with E-state index in [2.05, 4.69) is 5.10 Å². The summed E-state index contributed by atoms with van der Waals surface area (Å²) in [6.07, 6.45) is 2.04. The maximum atomic E-state index is 11.3. The van der Waals surface area contributed by atoms with E-state index in [-0.39, 0.29) is 24.7 Å². The molecule has 0 amide bonds. The van der Waals surface area contributed by atoms with E-state index in [1.807, 2.05) is 6.92 Å². The van der Waals surface area contributed by atoms with Crippen LogP contribution >= 0.6 is 0 Å². The molecule has 2 heterocycles. The van der Waals surface area contributed by atoms with E-state index in [0.717, 1.165) is 6.42 Å². The van der Waals surface area contributed by atoms with Gasteiger partial charge in [-0.15, -0.1) is 5.10 Å². The van der Waals surface area contributed by atoms with Crippen LogP contribution in [0.5, 0.6) is 0 Å². The lowest BCUT2D eigenvalue weighted by Crippen LogP contribution is -2.44. The zero-order valence-corrected chi connectivity index (χ0v) is 11.9. The molecule has 0 aromatic carbocycles. The van der Waals surface area contributed by atoms with Crippen molar-refractivity contribution in [1.82, 2.24) is 9.78 Å². The van der Waals surface area contributed by atoms with Gasteiger partial charge >= 0.3 is 11.7 Å². The summed E-state index contributed by atoms with van der Waals surface area (Å²) >= 11 is 0. The first-order chi connectivity index (χ1) is 9.95. The number of ether oxygens (including phenoxy) is 1. The van der Waals surface area contributed by atoms with E-state index >= 15 is 0 Å². The number of nitrogens with zero attached hydrogens (tertiary/aromatic N) is 4. The number of hydrogen-bond acceptors (Lipinski definition) is 6. The molecule has 0 saturated carbocycles. The van der Waals surface area contributed by atoms with Crippen LogP contribution in [0, 0.1) is 16.0 Å². The molecule has 1 aromatic rings. The first-order valence-electron chi connectivity index (χ1n) is 6.71. The average molecular weight is 298 g/mol. The Labute approximate surface area is 121 Å². The summed E-state index contributed by atoms with van der Waals surface area (Å²) in [5.74, 6) is -1.47. The molecule has 1 fully saturated rings. The fraction of sp³-hybridized carbons (Fsp3) is 0.667. The Morgan fingerprint density at radius 3 is 2.95 bits per heavy atom. The molecule has 9 heteroatoms. The van der Waals surface area contributed by atoms with Crippen LogP contribution in [0.2, 0.25) is 0 Å². The molecule has 0 aliphatic carbocycles. The zero-order chi connectivity index (χ0) is 15.6. The summed E-state index contributed by atoms with van der Waals surface area (Å²) in [7, 11) is 1.60. The molecule has 0 radical (unpaired) electrons. The topological polar surface area (TPSA) is 111 Å². The summed E-state index contributed by atoms with van der Waals surface area (Å²) in [4.78, 5) is 23.6. The standard InChI is InChI=1S/C12H18N4O5/c1-3-4-15(10-7-21-6-8(10)12(17)18)11-9(16(19)20)5-14(2)13-11/h5,8,10H,3-4,6-7H2,1-2H3,(H,17,18). The molecule has 2 atom stereocenters. The predicted molar refractivity (Wildman–Crippen MR) is 73.2 cm³/mol. The number of nitro groups is 1. The summed E-state index contributed by atoms with van der Waals surface area (Å²) < 4.78 is 6.62. The van der Waals surface area contributed by atoms with Crippen LogP contribution in [0.3, 0.4) is 0 Å². The highest BCUT2D eigenvalue weighted by Crippen LogP contribution is 2.31. The molecule has 1 aliphatic rings. The lowest BCUT2D eigenvalue weighted by molar-refractivity contribution is -0.384. The molecular weight excluding hydrogens is 280 g/mol. The SMILES string of the molecule is CCCN(c1nn(C)cc1[N+](=O)[O-])C1COCC1C(=O)O. The van der Waals surface area contributed by atoms with Crippen molar-refractivity contribution < 1.29 is 19.6 Å². The van der Waals surface area contributed by atoms with Gasteiger partial charge in [0, 0.05) is 13.6 Å². The Bertz CT molecular complexity index is 544. The summed E-state index contributed by atoms with van der Waals surface area (Å²) in [6, 6.07) is -0.448. The molecule has 1 aromatic heterocycles. The van der Waals surface area contributed by atoms with Crippen LogP contribution in [0.4, 0.5) is 11.5 Å². The van der Waals surface area contributed by atoms with Crippen LogP contribution in [-0.2, 0) is 16.6 Å². The van der Waals surface area contributed by atoms with Crippen LogP contribution < -0.4 is 4.90 Å². The van der Waals surface area contributed by atoms with Crippen LogP contribution in [0.1, 0.15) is 13.3 Å². The minimum Gasteiger partial charge on any atom is -0.481 e. The molecular formula is C12H18N4O5. The fourth-order valence-electron chi connectivity index (χ4n) is 2.55. The molecule has 1 aliphatic heterocycles. The van der Waals surface area contributed by atoms with Crippen molar-refractivity contribution in [2.45, 2.75) is 19.4 Å². The molecule has 116 valence electrons. The number of carbonyl (C=O) groups is 1. The molecule has 2 unspecified atom stereocenters. The van der Waals surface area contributed by atoms with E-state index in [4.69, 9.17) is 4.74 Å². The lowest BCUT2D eigenvalue weighted by atomic mass is 10.0. The minimum absolute atomic E-state index is 0.112. The van der Waals surface area contributed by atoms with Crippen molar-refractivity contribution in [3.05, 3.63) is 16.3 Å². The van der Waals surface area contributed by atoms with Gasteiger partial charge in [-0.25, -0.2) is 0 Å². The number of aliphatic carboxylic acids is 1. The molecule has 2 rings (SSSR count). The van der Waals surface area contributed by atoms with Crippen molar-refractivity contribution in [2.75, 3.05) is 24.7 Å². The van der Waals surface area contributed by atoms with Crippen molar-refractivity contribution in [3.63, 3.8) is 0 Å². The molecule has 9 nitrogen and oxygen atoms in total. The second-order valence-corrected chi connectivity index (χ2v) is 5.01. The van der Waals surface area contributed by atoms with E-state index in [1.54, 1.807) is 11.9 Å². The van der Waals surface area contributed by atoms with E-state index in [9.17, 15) is 20.0 Å². The largest absolute Gasteiger partial charge is 0.481 e.